The summed E-state index contributed by atoms with van der Waals surface area (Å²) in [7, 11) is 1.70. The van der Waals surface area contributed by atoms with Gasteiger partial charge in [0.05, 0.1) is 0 Å². The van der Waals surface area contributed by atoms with Gasteiger partial charge in [-0.25, -0.2) is 4.39 Å². The van der Waals surface area contributed by atoms with Gasteiger partial charge in [-0.1, -0.05) is 12.1 Å². The van der Waals surface area contributed by atoms with Crippen molar-refractivity contribution in [2.45, 2.75) is 12.5 Å². The molecule has 0 fully saturated rings. The maximum absolute atomic E-state index is 12.7. The van der Waals surface area contributed by atoms with Crippen LogP contribution in [0.3, 0.4) is 0 Å². The molecule has 0 aliphatic carbocycles. The van der Waals surface area contributed by atoms with Crippen molar-refractivity contribution in [3.63, 3.8) is 0 Å². The molecule has 0 aromatic heterocycles. The van der Waals surface area contributed by atoms with Crippen LogP contribution in [0.2, 0.25) is 0 Å². The molecule has 0 saturated carbocycles. The third-order valence-electron chi connectivity index (χ3n) is 2.23. The zero-order chi connectivity index (χ0) is 11.8. The van der Waals surface area contributed by atoms with Crippen LogP contribution in [0.5, 0.6) is 0 Å². The summed E-state index contributed by atoms with van der Waals surface area (Å²) in [5.41, 5.74) is 6.97. The maximum atomic E-state index is 12.7. The molecular formula is C12H18FNOS. The highest BCUT2D eigenvalue weighted by atomic mass is 32.2. The van der Waals surface area contributed by atoms with E-state index in [1.165, 1.54) is 12.1 Å². The second-order valence-electron chi connectivity index (χ2n) is 3.58. The van der Waals surface area contributed by atoms with E-state index in [-0.39, 0.29) is 11.9 Å². The third kappa shape index (κ3) is 4.96. The predicted octanol–water partition coefficient (Wildman–Crippen LogP) is 2.60. The fourth-order valence-corrected chi connectivity index (χ4v) is 2.26. The van der Waals surface area contributed by atoms with Gasteiger partial charge in [-0.2, -0.15) is 11.8 Å². The van der Waals surface area contributed by atoms with Gasteiger partial charge in [-0.15, -0.1) is 0 Å². The Morgan fingerprint density at radius 1 is 1.38 bits per heavy atom. The van der Waals surface area contributed by atoms with E-state index in [0.29, 0.717) is 0 Å². The molecule has 1 aromatic rings. The molecule has 0 aliphatic rings. The van der Waals surface area contributed by atoms with Crippen molar-refractivity contribution in [3.05, 3.63) is 35.6 Å². The summed E-state index contributed by atoms with van der Waals surface area (Å²) in [5.74, 6) is 1.68. The van der Waals surface area contributed by atoms with Gasteiger partial charge in [-0.05, 0) is 29.9 Å². The number of methoxy groups -OCH3 is 1. The summed E-state index contributed by atoms with van der Waals surface area (Å²) < 4.78 is 17.6. The fraction of sp³-hybridized carbons (Fsp3) is 0.500. The average Bonchev–Trinajstić information content (AvgIpc) is 2.29. The SMILES string of the molecule is COCCCSCC(N)c1ccc(F)cc1. The second-order valence-corrected chi connectivity index (χ2v) is 4.73. The lowest BCUT2D eigenvalue weighted by molar-refractivity contribution is 0.200. The van der Waals surface area contributed by atoms with E-state index >= 15 is 0 Å². The Hall–Kier alpha value is -0.580. The molecule has 0 bridgehead atoms. The van der Waals surface area contributed by atoms with Gasteiger partial charge in [0.2, 0.25) is 0 Å². The lowest BCUT2D eigenvalue weighted by atomic mass is 10.1. The molecule has 0 aliphatic heterocycles. The van der Waals surface area contributed by atoms with Crippen molar-refractivity contribution >= 4 is 11.8 Å². The molecule has 0 radical (unpaired) electrons. The van der Waals surface area contributed by atoms with Crippen LogP contribution in [0, 0.1) is 5.82 Å². The smallest absolute Gasteiger partial charge is 0.123 e. The summed E-state index contributed by atoms with van der Waals surface area (Å²) in [5, 5.41) is 0. The normalized spacial score (nSPS) is 12.7. The molecule has 16 heavy (non-hydrogen) atoms. The van der Waals surface area contributed by atoms with Crippen molar-refractivity contribution in [1.29, 1.82) is 0 Å². The van der Waals surface area contributed by atoms with Gasteiger partial charge >= 0.3 is 0 Å². The van der Waals surface area contributed by atoms with Crippen molar-refractivity contribution < 1.29 is 9.13 Å². The van der Waals surface area contributed by atoms with E-state index < -0.39 is 0 Å². The molecule has 0 saturated heterocycles. The number of benzene rings is 1. The number of hydrogen-bond donors (Lipinski definition) is 1. The first-order valence-electron chi connectivity index (χ1n) is 5.31. The zero-order valence-electron chi connectivity index (χ0n) is 9.49. The van der Waals surface area contributed by atoms with Crippen LogP contribution < -0.4 is 5.73 Å². The Labute approximate surface area is 100 Å². The molecule has 1 rings (SSSR count). The van der Waals surface area contributed by atoms with Crippen LogP contribution >= 0.6 is 11.8 Å². The molecular weight excluding hydrogens is 225 g/mol. The molecule has 90 valence electrons. The largest absolute Gasteiger partial charge is 0.385 e. The molecule has 0 heterocycles. The molecule has 1 unspecified atom stereocenters. The number of rotatable bonds is 7. The molecule has 1 aromatic carbocycles. The first kappa shape index (κ1) is 13.5. The van der Waals surface area contributed by atoms with Crippen LogP contribution in [-0.4, -0.2) is 25.2 Å². The van der Waals surface area contributed by atoms with Crippen LogP contribution in [0.15, 0.2) is 24.3 Å². The van der Waals surface area contributed by atoms with E-state index in [2.05, 4.69) is 0 Å². The van der Waals surface area contributed by atoms with Crippen molar-refractivity contribution in [3.8, 4) is 0 Å². The minimum atomic E-state index is -0.219. The van der Waals surface area contributed by atoms with E-state index in [1.54, 1.807) is 31.0 Å². The van der Waals surface area contributed by atoms with Gasteiger partial charge in [0.15, 0.2) is 0 Å². The Kier molecular flexibility index (Phi) is 6.45. The molecule has 0 amide bonds. The Bertz CT molecular complexity index is 292. The number of nitrogens with two attached hydrogens (primary N) is 1. The van der Waals surface area contributed by atoms with Gasteiger partial charge in [-0.3, -0.25) is 0 Å². The van der Waals surface area contributed by atoms with E-state index in [1.807, 2.05) is 0 Å². The number of thioether (sulfide) groups is 1. The molecule has 2 N–H and O–H groups in total. The highest BCUT2D eigenvalue weighted by molar-refractivity contribution is 7.99. The quantitative estimate of drug-likeness (QED) is 0.748. The zero-order valence-corrected chi connectivity index (χ0v) is 10.3. The van der Waals surface area contributed by atoms with Crippen molar-refractivity contribution in [2.24, 2.45) is 5.73 Å². The lowest BCUT2D eigenvalue weighted by Gasteiger charge is -2.11. The van der Waals surface area contributed by atoms with Crippen LogP contribution in [0.25, 0.3) is 0 Å². The topological polar surface area (TPSA) is 35.2 Å². The van der Waals surface area contributed by atoms with E-state index in [4.69, 9.17) is 10.5 Å². The first-order chi connectivity index (χ1) is 7.74. The minimum absolute atomic E-state index is 0.0202. The third-order valence-corrected chi connectivity index (χ3v) is 3.40. The molecule has 1 atom stereocenters. The van der Waals surface area contributed by atoms with Crippen LogP contribution in [0.4, 0.5) is 4.39 Å². The molecule has 4 heteroatoms. The standard InChI is InChI=1S/C12H18FNOS/c1-15-7-2-8-16-9-12(14)10-3-5-11(13)6-4-10/h3-6,12H,2,7-9,14H2,1H3. The van der Waals surface area contributed by atoms with Crippen LogP contribution in [-0.2, 0) is 4.74 Å². The van der Waals surface area contributed by atoms with Gasteiger partial charge in [0.25, 0.3) is 0 Å². The Morgan fingerprint density at radius 3 is 2.69 bits per heavy atom. The highest BCUT2D eigenvalue weighted by Crippen LogP contribution is 2.16. The second kappa shape index (κ2) is 7.65. The molecule has 0 spiro atoms. The maximum Gasteiger partial charge on any atom is 0.123 e. The van der Waals surface area contributed by atoms with Gasteiger partial charge < -0.3 is 10.5 Å². The van der Waals surface area contributed by atoms with Gasteiger partial charge in [0, 0.05) is 25.5 Å². The Morgan fingerprint density at radius 2 is 2.06 bits per heavy atom. The summed E-state index contributed by atoms with van der Waals surface area (Å²) in [6.07, 6.45) is 1.04. The number of hydrogen-bond acceptors (Lipinski definition) is 3. The summed E-state index contributed by atoms with van der Waals surface area (Å²) in [4.78, 5) is 0. The highest BCUT2D eigenvalue weighted by Gasteiger charge is 2.05. The number of ether oxygens (including phenoxy) is 1. The first-order valence-corrected chi connectivity index (χ1v) is 6.47. The van der Waals surface area contributed by atoms with Crippen molar-refractivity contribution in [1.82, 2.24) is 0 Å². The summed E-state index contributed by atoms with van der Waals surface area (Å²) in [6.45, 7) is 0.790. The average molecular weight is 243 g/mol. The molecule has 2 nitrogen and oxygen atoms in total. The summed E-state index contributed by atoms with van der Waals surface area (Å²) >= 11 is 1.80. The predicted molar refractivity (Wildman–Crippen MR) is 67.1 cm³/mol. The van der Waals surface area contributed by atoms with Crippen molar-refractivity contribution in [2.75, 3.05) is 25.2 Å². The monoisotopic (exact) mass is 243 g/mol. The summed E-state index contributed by atoms with van der Waals surface area (Å²) in [6, 6.07) is 6.37. The van der Waals surface area contributed by atoms with E-state index in [0.717, 1.165) is 30.1 Å². The van der Waals surface area contributed by atoms with Gasteiger partial charge in [0.1, 0.15) is 5.82 Å². The van der Waals surface area contributed by atoms with E-state index in [9.17, 15) is 4.39 Å². The Balaban J connectivity index is 2.24. The lowest BCUT2D eigenvalue weighted by Crippen LogP contribution is -2.13. The number of halogens is 1. The van der Waals surface area contributed by atoms with Crippen LogP contribution in [0.1, 0.15) is 18.0 Å². The minimum Gasteiger partial charge on any atom is -0.385 e. The fourth-order valence-electron chi connectivity index (χ4n) is 1.32.